The van der Waals surface area contributed by atoms with Crippen molar-refractivity contribution >= 4 is 28.6 Å². The number of ether oxygens (including phenoxy) is 2. The van der Waals surface area contributed by atoms with Gasteiger partial charge in [-0.25, -0.2) is 4.79 Å². The Bertz CT molecular complexity index is 625. The number of methoxy groups -OCH3 is 1. The summed E-state index contributed by atoms with van der Waals surface area (Å²) in [4.78, 5) is 11.1. The van der Waals surface area contributed by atoms with Gasteiger partial charge in [0.1, 0.15) is 23.7 Å². The molecule has 2 aromatic carbocycles. The van der Waals surface area contributed by atoms with Gasteiger partial charge in [-0.2, -0.15) is 0 Å². The van der Waals surface area contributed by atoms with E-state index < -0.39 is 5.97 Å². The van der Waals surface area contributed by atoms with Crippen molar-refractivity contribution in [3.05, 3.63) is 57.2 Å². The molecular weight excluding hydrogens is 371 g/mol. The first-order valence-corrected chi connectivity index (χ1v) is 6.97. The van der Waals surface area contributed by atoms with Crippen molar-refractivity contribution in [1.29, 1.82) is 0 Å². The Morgan fingerprint density at radius 2 is 1.95 bits per heavy atom. The number of para-hydroxylation sites is 1. The summed E-state index contributed by atoms with van der Waals surface area (Å²) in [6.45, 7) is 0.310. The normalized spacial score (nSPS) is 10.1. The van der Waals surface area contributed by atoms with Crippen LogP contribution in [0.3, 0.4) is 0 Å². The van der Waals surface area contributed by atoms with Crippen LogP contribution in [0, 0.1) is 3.57 Å². The van der Waals surface area contributed by atoms with Crippen molar-refractivity contribution in [1.82, 2.24) is 0 Å². The van der Waals surface area contributed by atoms with Crippen LogP contribution >= 0.6 is 22.6 Å². The van der Waals surface area contributed by atoms with Crippen LogP contribution in [-0.2, 0) is 6.61 Å². The van der Waals surface area contributed by atoms with Crippen LogP contribution in [0.2, 0.25) is 0 Å². The molecule has 0 aliphatic rings. The zero-order valence-electron chi connectivity index (χ0n) is 10.8. The van der Waals surface area contributed by atoms with Crippen molar-refractivity contribution in [2.45, 2.75) is 6.61 Å². The van der Waals surface area contributed by atoms with Gasteiger partial charge in [0, 0.05) is 0 Å². The molecule has 0 aliphatic carbocycles. The van der Waals surface area contributed by atoms with Crippen LogP contribution in [-0.4, -0.2) is 18.2 Å². The van der Waals surface area contributed by atoms with E-state index in [-0.39, 0.29) is 5.56 Å². The van der Waals surface area contributed by atoms with Crippen molar-refractivity contribution in [2.24, 2.45) is 0 Å². The van der Waals surface area contributed by atoms with Crippen LogP contribution < -0.4 is 9.47 Å². The standard InChI is InChI=1S/C15H13IO4/c1-19-13-7-6-10(8-11(13)15(17)18)9-20-14-5-3-2-4-12(14)16/h2-8H,9H2,1H3,(H,17,18). The minimum Gasteiger partial charge on any atom is -0.496 e. The molecule has 0 unspecified atom stereocenters. The SMILES string of the molecule is COc1ccc(COc2ccccc2I)cc1C(=O)O. The zero-order chi connectivity index (χ0) is 14.5. The van der Waals surface area contributed by atoms with Gasteiger partial charge in [0.05, 0.1) is 10.7 Å². The number of benzene rings is 2. The molecular formula is C15H13IO4. The molecule has 2 rings (SSSR count). The highest BCUT2D eigenvalue weighted by Crippen LogP contribution is 2.23. The smallest absolute Gasteiger partial charge is 0.339 e. The zero-order valence-corrected chi connectivity index (χ0v) is 13.0. The molecule has 104 valence electrons. The van der Waals surface area contributed by atoms with Gasteiger partial charge in [-0.05, 0) is 52.4 Å². The fraction of sp³-hybridized carbons (Fsp3) is 0.133. The van der Waals surface area contributed by atoms with Gasteiger partial charge >= 0.3 is 5.97 Å². The first-order valence-electron chi connectivity index (χ1n) is 5.89. The summed E-state index contributed by atoms with van der Waals surface area (Å²) in [5, 5.41) is 9.13. The van der Waals surface area contributed by atoms with Crippen LogP contribution in [0.4, 0.5) is 0 Å². The van der Waals surface area contributed by atoms with E-state index in [0.717, 1.165) is 14.9 Å². The first-order chi connectivity index (χ1) is 9.61. The van der Waals surface area contributed by atoms with Crippen molar-refractivity contribution in [3.8, 4) is 11.5 Å². The van der Waals surface area contributed by atoms with Gasteiger partial charge in [-0.1, -0.05) is 18.2 Å². The van der Waals surface area contributed by atoms with Crippen LogP contribution in [0.15, 0.2) is 42.5 Å². The average molecular weight is 384 g/mol. The van der Waals surface area contributed by atoms with Crippen LogP contribution in [0.1, 0.15) is 15.9 Å². The fourth-order valence-electron chi connectivity index (χ4n) is 1.73. The van der Waals surface area contributed by atoms with Gasteiger partial charge < -0.3 is 14.6 Å². The highest BCUT2D eigenvalue weighted by atomic mass is 127. The molecule has 0 aromatic heterocycles. The Labute approximate surface area is 130 Å². The van der Waals surface area contributed by atoms with Crippen molar-refractivity contribution in [3.63, 3.8) is 0 Å². The third kappa shape index (κ3) is 3.41. The minimum absolute atomic E-state index is 0.136. The summed E-state index contributed by atoms with van der Waals surface area (Å²) >= 11 is 2.19. The Balaban J connectivity index is 2.16. The van der Waals surface area contributed by atoms with Gasteiger partial charge in [0.25, 0.3) is 0 Å². The van der Waals surface area contributed by atoms with E-state index >= 15 is 0 Å². The van der Waals surface area contributed by atoms with E-state index in [1.54, 1.807) is 18.2 Å². The van der Waals surface area contributed by atoms with Gasteiger partial charge in [0.2, 0.25) is 0 Å². The van der Waals surface area contributed by atoms with E-state index in [2.05, 4.69) is 22.6 Å². The quantitative estimate of drug-likeness (QED) is 0.801. The molecule has 0 aliphatic heterocycles. The highest BCUT2D eigenvalue weighted by Gasteiger charge is 2.12. The second kappa shape index (κ2) is 6.60. The molecule has 0 spiro atoms. The molecule has 0 radical (unpaired) electrons. The maximum Gasteiger partial charge on any atom is 0.339 e. The number of rotatable bonds is 5. The molecule has 5 heteroatoms. The number of halogens is 1. The maximum absolute atomic E-state index is 11.1. The van der Waals surface area contributed by atoms with E-state index in [0.29, 0.717) is 12.4 Å². The third-order valence-electron chi connectivity index (χ3n) is 2.73. The summed E-state index contributed by atoms with van der Waals surface area (Å²) < 4.78 is 11.7. The van der Waals surface area contributed by atoms with Gasteiger partial charge in [0.15, 0.2) is 0 Å². The topological polar surface area (TPSA) is 55.8 Å². The second-order valence-corrected chi connectivity index (χ2v) is 5.22. The highest BCUT2D eigenvalue weighted by molar-refractivity contribution is 14.1. The number of hydrogen-bond acceptors (Lipinski definition) is 3. The van der Waals surface area contributed by atoms with E-state index in [1.807, 2.05) is 24.3 Å². The Morgan fingerprint density at radius 1 is 1.20 bits per heavy atom. The predicted octanol–water partition coefficient (Wildman–Crippen LogP) is 3.58. The average Bonchev–Trinajstić information content (AvgIpc) is 2.46. The molecule has 1 N–H and O–H groups in total. The monoisotopic (exact) mass is 384 g/mol. The van der Waals surface area contributed by atoms with Gasteiger partial charge in [-0.3, -0.25) is 0 Å². The molecule has 4 nitrogen and oxygen atoms in total. The lowest BCUT2D eigenvalue weighted by Gasteiger charge is -2.10. The lowest BCUT2D eigenvalue weighted by atomic mass is 10.1. The van der Waals surface area contributed by atoms with E-state index in [4.69, 9.17) is 14.6 Å². The Hall–Kier alpha value is -1.76. The Morgan fingerprint density at radius 3 is 2.60 bits per heavy atom. The van der Waals surface area contributed by atoms with Crippen LogP contribution in [0.25, 0.3) is 0 Å². The maximum atomic E-state index is 11.1. The lowest BCUT2D eigenvalue weighted by Crippen LogP contribution is -2.03. The molecule has 0 bridgehead atoms. The number of carboxylic acid groups (broad SMARTS) is 1. The first kappa shape index (κ1) is 14.6. The minimum atomic E-state index is -1.02. The summed E-state index contributed by atoms with van der Waals surface area (Å²) in [5.41, 5.74) is 0.916. The van der Waals surface area contributed by atoms with E-state index in [9.17, 15) is 4.79 Å². The Kier molecular flexibility index (Phi) is 4.84. The van der Waals surface area contributed by atoms with Crippen molar-refractivity contribution < 1.29 is 19.4 Å². The largest absolute Gasteiger partial charge is 0.496 e. The number of carboxylic acids is 1. The summed E-state index contributed by atoms with van der Waals surface area (Å²) in [5.74, 6) is 0.106. The summed E-state index contributed by atoms with van der Waals surface area (Å²) in [6.07, 6.45) is 0. The van der Waals surface area contributed by atoms with Gasteiger partial charge in [-0.15, -0.1) is 0 Å². The number of hydrogen-bond donors (Lipinski definition) is 1. The van der Waals surface area contributed by atoms with Crippen LogP contribution in [0.5, 0.6) is 11.5 Å². The molecule has 0 amide bonds. The summed E-state index contributed by atoms with van der Waals surface area (Å²) in [6, 6.07) is 12.7. The molecule has 20 heavy (non-hydrogen) atoms. The number of carbonyl (C=O) groups is 1. The molecule has 0 saturated heterocycles. The predicted molar refractivity (Wildman–Crippen MR) is 83.4 cm³/mol. The lowest BCUT2D eigenvalue weighted by molar-refractivity contribution is 0.0693. The molecule has 0 saturated carbocycles. The van der Waals surface area contributed by atoms with E-state index in [1.165, 1.54) is 7.11 Å². The summed E-state index contributed by atoms with van der Waals surface area (Å²) in [7, 11) is 1.45. The fourth-order valence-corrected chi connectivity index (χ4v) is 2.28. The molecule has 0 fully saturated rings. The van der Waals surface area contributed by atoms with Crippen molar-refractivity contribution in [2.75, 3.05) is 7.11 Å². The molecule has 0 heterocycles. The molecule has 2 aromatic rings. The molecule has 0 atom stereocenters. The third-order valence-corrected chi connectivity index (χ3v) is 3.62. The second-order valence-electron chi connectivity index (χ2n) is 4.06. The number of aromatic carboxylic acids is 1.